The number of nitrogens with zero attached hydrogens (tertiary/aromatic N) is 2. The molecule has 0 saturated carbocycles. The van der Waals surface area contributed by atoms with Crippen molar-refractivity contribution < 1.29 is 43.7 Å². The number of carboxylic acid groups (broad SMARTS) is 1. The van der Waals surface area contributed by atoms with Crippen LogP contribution in [0.3, 0.4) is 0 Å². The highest BCUT2D eigenvalue weighted by atomic mass is 32.2. The average Bonchev–Trinajstić information content (AvgIpc) is 3.89. The second kappa shape index (κ2) is 21.5. The van der Waals surface area contributed by atoms with Gasteiger partial charge in [-0.05, 0) is 66.8 Å². The summed E-state index contributed by atoms with van der Waals surface area (Å²) in [5.41, 5.74) is 0.615. The molecule has 2 aromatic heterocycles. The maximum atomic E-state index is 14.1. The summed E-state index contributed by atoms with van der Waals surface area (Å²) < 4.78 is 6.86. The van der Waals surface area contributed by atoms with Crippen molar-refractivity contribution in [3.05, 3.63) is 123 Å². The topological polar surface area (TPSA) is 286 Å². The molecule has 0 saturated heterocycles. The molecule has 21 heteroatoms. The molecule has 3 heterocycles. The van der Waals surface area contributed by atoms with Crippen molar-refractivity contribution in [3.8, 4) is 5.75 Å². The lowest BCUT2D eigenvalue weighted by Gasteiger charge is -2.34. The summed E-state index contributed by atoms with van der Waals surface area (Å²) in [4.78, 5) is 111. The number of allylic oxidation sites excluding steroid dienone is 1. The second-order valence-electron chi connectivity index (χ2n) is 14.6. The standard InChI is InChI=1S/C42H49N9O11S/c1-23(50(3)39(57)32(45-24(2)52)19-25-8-7-9-27(53)18-25)36(38(56)44-22-28-12-13-35(62-28)51-16-14-34(54)48-42(51)61)49-37(55)31(15-17-63-4)46-41(60)47-33(40(58)59)20-26-21-43-30-11-6-5-10-29(26)30/h5-14,16,18,21-23,31-33,35-36,43,53H,15,17,19-20H2,1-4H3,(H,44,56)(H,45,52)(H,49,55)(H,58,59)(H2,46,47,60)(H,48,54,61)/b28-22-/t23-,31?,32+,33?,35+,36?/m0/s1. The molecule has 1 aliphatic rings. The van der Waals surface area contributed by atoms with E-state index in [-0.39, 0.29) is 30.8 Å². The maximum Gasteiger partial charge on any atom is 0.331 e. The Labute approximate surface area is 364 Å². The molecular weight excluding hydrogens is 839 g/mol. The van der Waals surface area contributed by atoms with Crippen molar-refractivity contribution >= 4 is 58.3 Å². The molecule has 0 fully saturated rings. The van der Waals surface area contributed by atoms with Crippen LogP contribution in [0.1, 0.15) is 37.6 Å². The second-order valence-corrected chi connectivity index (χ2v) is 15.6. The van der Waals surface area contributed by atoms with Crippen molar-refractivity contribution in [1.82, 2.24) is 46.0 Å². The van der Waals surface area contributed by atoms with E-state index >= 15 is 0 Å². The summed E-state index contributed by atoms with van der Waals surface area (Å²) in [6.07, 6.45) is 7.77. The smallest absolute Gasteiger partial charge is 0.331 e. The van der Waals surface area contributed by atoms with Gasteiger partial charge in [0.1, 0.15) is 35.7 Å². The Balaban J connectivity index is 1.37. The number of aliphatic carboxylic acids is 1. The van der Waals surface area contributed by atoms with Gasteiger partial charge >= 0.3 is 17.7 Å². The Morgan fingerprint density at radius 1 is 0.952 bits per heavy atom. The van der Waals surface area contributed by atoms with Gasteiger partial charge in [0.25, 0.3) is 5.56 Å². The van der Waals surface area contributed by atoms with Crippen LogP contribution in [0.5, 0.6) is 5.75 Å². The van der Waals surface area contributed by atoms with E-state index in [2.05, 4.69) is 36.6 Å². The van der Waals surface area contributed by atoms with Crippen LogP contribution in [0.25, 0.3) is 10.9 Å². The number of ether oxygens (including phenoxy) is 1. The van der Waals surface area contributed by atoms with Crippen LogP contribution < -0.4 is 37.8 Å². The highest BCUT2D eigenvalue weighted by Gasteiger charge is 2.36. The fourth-order valence-corrected chi connectivity index (χ4v) is 7.23. The van der Waals surface area contributed by atoms with Gasteiger partial charge in [0.15, 0.2) is 6.23 Å². The lowest BCUT2D eigenvalue weighted by molar-refractivity contribution is -0.140. The molecule has 4 aromatic rings. The molecule has 0 radical (unpaired) electrons. The van der Waals surface area contributed by atoms with Gasteiger partial charge in [-0.3, -0.25) is 33.5 Å². The molecule has 5 rings (SSSR count). The first kappa shape index (κ1) is 46.8. The molecule has 3 unspecified atom stereocenters. The highest BCUT2D eigenvalue weighted by molar-refractivity contribution is 7.98. The first-order chi connectivity index (χ1) is 30.0. The van der Waals surface area contributed by atoms with Gasteiger partial charge in [-0.15, -0.1) is 0 Å². The predicted octanol–water partition coefficient (Wildman–Crippen LogP) is 0.962. The number of aromatic nitrogens is 3. The van der Waals surface area contributed by atoms with Gasteiger partial charge in [-0.1, -0.05) is 30.3 Å². The van der Waals surface area contributed by atoms with E-state index in [9.17, 15) is 48.6 Å². The zero-order chi connectivity index (χ0) is 45.8. The summed E-state index contributed by atoms with van der Waals surface area (Å²) in [5, 5.41) is 33.6. The van der Waals surface area contributed by atoms with Gasteiger partial charge in [-0.25, -0.2) is 14.4 Å². The molecule has 334 valence electrons. The fourth-order valence-electron chi connectivity index (χ4n) is 6.76. The lowest BCUT2D eigenvalue weighted by atomic mass is 10.0. The number of phenols is 1. The van der Waals surface area contributed by atoms with E-state index in [0.29, 0.717) is 16.9 Å². The number of para-hydroxylation sites is 1. The van der Waals surface area contributed by atoms with Crippen molar-refractivity contribution in [1.29, 1.82) is 0 Å². The molecule has 0 aliphatic carbocycles. The highest BCUT2D eigenvalue weighted by Crippen LogP contribution is 2.22. The van der Waals surface area contributed by atoms with Crippen molar-refractivity contribution in [3.63, 3.8) is 0 Å². The third kappa shape index (κ3) is 12.6. The minimum atomic E-state index is -1.53. The number of carbonyl (C=O) groups is 6. The number of rotatable bonds is 19. The average molecular weight is 888 g/mol. The lowest BCUT2D eigenvalue weighted by Crippen LogP contribution is -2.62. The number of phenolic OH excluding ortho intramolecular Hbond substituents is 1. The van der Waals surface area contributed by atoms with Crippen molar-refractivity contribution in [2.75, 3.05) is 19.1 Å². The number of nitrogens with one attached hydrogen (secondary N) is 7. The van der Waals surface area contributed by atoms with E-state index < -0.39 is 83.3 Å². The number of urea groups is 1. The number of amides is 6. The minimum Gasteiger partial charge on any atom is -0.508 e. The van der Waals surface area contributed by atoms with Crippen LogP contribution in [-0.2, 0) is 41.6 Å². The van der Waals surface area contributed by atoms with E-state index in [1.807, 2.05) is 18.2 Å². The molecule has 9 N–H and O–H groups in total. The summed E-state index contributed by atoms with van der Waals surface area (Å²) in [6, 6.07) is 7.08. The van der Waals surface area contributed by atoms with Gasteiger partial charge in [0.05, 0.1) is 6.04 Å². The molecule has 0 bridgehead atoms. The summed E-state index contributed by atoms with van der Waals surface area (Å²) in [7, 11) is 1.38. The monoisotopic (exact) mass is 887 g/mol. The number of carboxylic acids is 1. The number of fused-ring (bicyclic) bond motifs is 1. The quantitative estimate of drug-likeness (QED) is 0.0637. The third-order valence-electron chi connectivity index (χ3n) is 10.1. The zero-order valence-electron chi connectivity index (χ0n) is 34.7. The Hall–Kier alpha value is -7.29. The Bertz CT molecular complexity index is 2520. The number of H-pyrrole nitrogens is 2. The van der Waals surface area contributed by atoms with E-state index in [4.69, 9.17) is 4.74 Å². The molecule has 1 aliphatic heterocycles. The number of carbonyl (C=O) groups excluding carboxylic acids is 5. The largest absolute Gasteiger partial charge is 0.508 e. The Morgan fingerprint density at radius 2 is 1.70 bits per heavy atom. The number of likely N-dealkylation sites (N-methyl/N-ethyl adjacent to an activating group) is 1. The van der Waals surface area contributed by atoms with Crippen molar-refractivity contribution in [2.45, 2.75) is 69.5 Å². The van der Waals surface area contributed by atoms with Crippen LogP contribution in [0, 0.1) is 0 Å². The molecule has 6 amide bonds. The summed E-state index contributed by atoms with van der Waals surface area (Å²) in [5.74, 6) is -3.76. The normalized spacial score (nSPS) is 16.2. The molecule has 2 aromatic carbocycles. The SMILES string of the molecule is CSCCC(NC(=O)NC(Cc1c[nH]c2ccccc12)C(=O)O)C(=O)NC(C(=O)N/C=C1/C=C[C@H](n2ccc(=O)[nH]c2=O)O1)[C@H](C)N(C)C(=O)[C@@H](Cc1cccc(O)c1)NC(C)=O. The number of thioether (sulfide) groups is 1. The fraction of sp³-hybridized carbons (Fsp3) is 0.333. The van der Waals surface area contributed by atoms with Gasteiger partial charge in [0.2, 0.25) is 23.6 Å². The first-order valence-electron chi connectivity index (χ1n) is 19.7. The van der Waals surface area contributed by atoms with Crippen LogP contribution in [-0.4, -0.2) is 115 Å². The zero-order valence-corrected chi connectivity index (χ0v) is 35.6. The Kier molecular flexibility index (Phi) is 15.9. The van der Waals surface area contributed by atoms with E-state index in [1.165, 1.54) is 74.2 Å². The number of aromatic amines is 2. The van der Waals surface area contributed by atoms with Crippen LogP contribution in [0.15, 0.2) is 101 Å². The van der Waals surface area contributed by atoms with Gasteiger partial charge in [0, 0.05) is 62.4 Å². The maximum absolute atomic E-state index is 14.1. The molecule has 6 atom stereocenters. The summed E-state index contributed by atoms with van der Waals surface area (Å²) in [6.45, 7) is 2.71. The van der Waals surface area contributed by atoms with Crippen LogP contribution >= 0.6 is 11.8 Å². The number of benzene rings is 2. The summed E-state index contributed by atoms with van der Waals surface area (Å²) >= 11 is 1.37. The van der Waals surface area contributed by atoms with E-state index in [0.717, 1.165) is 21.5 Å². The number of hydrogen-bond donors (Lipinski definition) is 9. The first-order valence-corrected chi connectivity index (χ1v) is 21.1. The van der Waals surface area contributed by atoms with E-state index in [1.54, 1.807) is 30.7 Å². The number of aromatic hydroxyl groups is 1. The number of hydrogen-bond acceptors (Lipinski definition) is 11. The third-order valence-corrected chi connectivity index (χ3v) is 10.8. The molecule has 20 nitrogen and oxygen atoms in total. The molecule has 63 heavy (non-hydrogen) atoms. The van der Waals surface area contributed by atoms with Crippen LogP contribution in [0.4, 0.5) is 4.79 Å². The molecule has 0 spiro atoms. The van der Waals surface area contributed by atoms with Gasteiger partial charge < -0.3 is 51.4 Å². The van der Waals surface area contributed by atoms with Crippen LogP contribution in [0.2, 0.25) is 0 Å². The molecular formula is C42H49N9O11S. The predicted molar refractivity (Wildman–Crippen MR) is 232 cm³/mol. The van der Waals surface area contributed by atoms with Crippen molar-refractivity contribution in [2.24, 2.45) is 0 Å². The minimum absolute atomic E-state index is 0.0319. The Morgan fingerprint density at radius 3 is 2.40 bits per heavy atom. The van der Waals surface area contributed by atoms with Gasteiger partial charge in [-0.2, -0.15) is 11.8 Å².